The van der Waals surface area contributed by atoms with Gasteiger partial charge in [0.15, 0.2) is 0 Å². The van der Waals surface area contributed by atoms with E-state index in [4.69, 9.17) is 0 Å². The Morgan fingerprint density at radius 2 is 1.92 bits per heavy atom. The Hall–Kier alpha value is -0.340. The van der Waals surface area contributed by atoms with Crippen molar-refractivity contribution in [3.63, 3.8) is 0 Å². The molecule has 0 aromatic heterocycles. The van der Waals surface area contributed by atoms with Gasteiger partial charge in [0.1, 0.15) is 0 Å². The molecule has 0 spiro atoms. The summed E-state index contributed by atoms with van der Waals surface area (Å²) in [6, 6.07) is 8.94. The van der Waals surface area contributed by atoms with Crippen LogP contribution in [0.25, 0.3) is 0 Å². The Labute approximate surface area is 82.3 Å². The molecule has 0 amide bonds. The molecular formula is C10H14BrN. The maximum absolute atomic E-state index is 3.42. The van der Waals surface area contributed by atoms with Crippen LogP contribution in [0.15, 0.2) is 28.7 Å². The lowest BCUT2D eigenvalue weighted by atomic mass is 10.1. The van der Waals surface area contributed by atoms with Crippen LogP contribution in [0.1, 0.15) is 24.9 Å². The molecule has 1 nitrogen and oxygen atoms in total. The lowest BCUT2D eigenvalue weighted by molar-refractivity contribution is 0.577. The van der Waals surface area contributed by atoms with E-state index < -0.39 is 0 Å². The Morgan fingerprint density at radius 1 is 1.33 bits per heavy atom. The van der Waals surface area contributed by atoms with Gasteiger partial charge >= 0.3 is 0 Å². The van der Waals surface area contributed by atoms with Crippen molar-refractivity contribution in [2.24, 2.45) is 0 Å². The molecule has 0 aliphatic rings. The zero-order chi connectivity index (χ0) is 8.97. The zero-order valence-electron chi connectivity index (χ0n) is 7.47. The summed E-state index contributed by atoms with van der Waals surface area (Å²) in [7, 11) is 2.00. The minimum Gasteiger partial charge on any atom is -0.313 e. The number of rotatable bonds is 3. The van der Waals surface area contributed by atoms with E-state index in [0.717, 1.165) is 10.9 Å². The fourth-order valence-electron chi connectivity index (χ4n) is 1.30. The lowest BCUT2D eigenvalue weighted by Gasteiger charge is -2.13. The lowest BCUT2D eigenvalue weighted by Crippen LogP contribution is -2.14. The van der Waals surface area contributed by atoms with Crippen molar-refractivity contribution >= 4 is 15.9 Å². The van der Waals surface area contributed by atoms with Gasteiger partial charge in [0, 0.05) is 10.5 Å². The van der Waals surface area contributed by atoms with Gasteiger partial charge in [0.2, 0.25) is 0 Å². The Kier molecular flexibility index (Phi) is 3.76. The molecule has 0 aliphatic heterocycles. The van der Waals surface area contributed by atoms with Crippen molar-refractivity contribution in [1.82, 2.24) is 5.32 Å². The topological polar surface area (TPSA) is 12.0 Å². The summed E-state index contributed by atoms with van der Waals surface area (Å²) in [4.78, 5) is 0. The number of hydrogen-bond donors (Lipinski definition) is 1. The van der Waals surface area contributed by atoms with E-state index in [2.05, 4.69) is 52.4 Å². The molecule has 0 heterocycles. The zero-order valence-corrected chi connectivity index (χ0v) is 9.06. The van der Waals surface area contributed by atoms with Crippen LogP contribution in [0.2, 0.25) is 0 Å². The van der Waals surface area contributed by atoms with Gasteiger partial charge in [-0.05, 0) is 31.2 Å². The first kappa shape index (κ1) is 9.75. The van der Waals surface area contributed by atoms with Gasteiger partial charge < -0.3 is 5.32 Å². The first-order valence-corrected chi connectivity index (χ1v) is 5.00. The molecule has 0 bridgehead atoms. The van der Waals surface area contributed by atoms with Crippen molar-refractivity contribution in [1.29, 1.82) is 0 Å². The molecule has 66 valence electrons. The van der Waals surface area contributed by atoms with Gasteiger partial charge in [-0.2, -0.15) is 0 Å². The maximum atomic E-state index is 3.42. The fraction of sp³-hybridized carbons (Fsp3) is 0.400. The third-order valence-corrected chi connectivity index (χ3v) is 2.56. The minimum absolute atomic E-state index is 0.484. The van der Waals surface area contributed by atoms with Crippen molar-refractivity contribution < 1.29 is 0 Å². The van der Waals surface area contributed by atoms with E-state index in [0.29, 0.717) is 6.04 Å². The molecule has 2 heteroatoms. The molecule has 1 atom stereocenters. The average molecular weight is 228 g/mol. The van der Waals surface area contributed by atoms with Gasteiger partial charge in [-0.15, -0.1) is 0 Å². The van der Waals surface area contributed by atoms with Crippen LogP contribution >= 0.6 is 15.9 Å². The summed E-state index contributed by atoms with van der Waals surface area (Å²) in [6.07, 6.45) is 1.12. The second-order valence-electron chi connectivity index (χ2n) is 2.80. The highest BCUT2D eigenvalue weighted by Crippen LogP contribution is 2.18. The molecule has 1 aromatic carbocycles. The third kappa shape index (κ3) is 2.32. The minimum atomic E-state index is 0.484. The smallest absolute Gasteiger partial charge is 0.0314 e. The molecular weight excluding hydrogens is 214 g/mol. The first-order chi connectivity index (χ1) is 5.77. The van der Waals surface area contributed by atoms with Crippen LogP contribution in [-0.4, -0.2) is 7.05 Å². The quantitative estimate of drug-likeness (QED) is 0.838. The number of benzene rings is 1. The van der Waals surface area contributed by atoms with E-state index in [1.54, 1.807) is 0 Å². The highest BCUT2D eigenvalue weighted by atomic mass is 79.9. The number of halogens is 1. The first-order valence-electron chi connectivity index (χ1n) is 4.20. The predicted octanol–water partition coefficient (Wildman–Crippen LogP) is 3.12. The summed E-state index contributed by atoms with van der Waals surface area (Å²) in [5, 5.41) is 3.27. The molecule has 1 aromatic rings. The molecule has 0 radical (unpaired) electrons. The van der Waals surface area contributed by atoms with Gasteiger partial charge in [0.25, 0.3) is 0 Å². The largest absolute Gasteiger partial charge is 0.313 e. The Morgan fingerprint density at radius 3 is 2.33 bits per heavy atom. The van der Waals surface area contributed by atoms with E-state index in [1.165, 1.54) is 5.56 Å². The number of nitrogens with one attached hydrogen (secondary N) is 1. The normalized spacial score (nSPS) is 12.9. The number of hydrogen-bond acceptors (Lipinski definition) is 1. The van der Waals surface area contributed by atoms with E-state index in [1.807, 2.05) is 7.05 Å². The molecule has 0 aliphatic carbocycles. The van der Waals surface area contributed by atoms with Crippen LogP contribution in [0, 0.1) is 0 Å². The van der Waals surface area contributed by atoms with Crippen molar-refractivity contribution in [3.05, 3.63) is 34.3 Å². The van der Waals surface area contributed by atoms with Crippen LogP contribution in [0.5, 0.6) is 0 Å². The molecule has 0 fully saturated rings. The highest BCUT2D eigenvalue weighted by Gasteiger charge is 2.04. The van der Waals surface area contributed by atoms with Crippen LogP contribution < -0.4 is 5.32 Å². The SMILES string of the molecule is CCC(NC)c1ccc(Br)cc1. The second-order valence-corrected chi connectivity index (χ2v) is 3.72. The summed E-state index contributed by atoms with van der Waals surface area (Å²) in [6.45, 7) is 2.18. The fourth-order valence-corrected chi connectivity index (χ4v) is 1.57. The second kappa shape index (κ2) is 4.63. The Bertz CT molecular complexity index is 226. The highest BCUT2D eigenvalue weighted by molar-refractivity contribution is 9.10. The molecule has 1 rings (SSSR count). The monoisotopic (exact) mass is 227 g/mol. The van der Waals surface area contributed by atoms with Crippen molar-refractivity contribution in [2.45, 2.75) is 19.4 Å². The van der Waals surface area contributed by atoms with E-state index in [-0.39, 0.29) is 0 Å². The van der Waals surface area contributed by atoms with Gasteiger partial charge in [-0.1, -0.05) is 35.0 Å². The summed E-state index contributed by atoms with van der Waals surface area (Å²) in [5.74, 6) is 0. The average Bonchev–Trinajstić information content (AvgIpc) is 2.10. The maximum Gasteiger partial charge on any atom is 0.0314 e. The van der Waals surface area contributed by atoms with Crippen LogP contribution in [-0.2, 0) is 0 Å². The summed E-state index contributed by atoms with van der Waals surface area (Å²) in [5.41, 5.74) is 1.35. The van der Waals surface area contributed by atoms with E-state index in [9.17, 15) is 0 Å². The summed E-state index contributed by atoms with van der Waals surface area (Å²) >= 11 is 3.42. The van der Waals surface area contributed by atoms with Gasteiger partial charge in [-0.3, -0.25) is 0 Å². The van der Waals surface area contributed by atoms with Gasteiger partial charge in [0.05, 0.1) is 0 Å². The Balaban J connectivity index is 2.80. The van der Waals surface area contributed by atoms with Crippen LogP contribution in [0.3, 0.4) is 0 Å². The predicted molar refractivity (Wildman–Crippen MR) is 56.2 cm³/mol. The molecule has 1 unspecified atom stereocenters. The van der Waals surface area contributed by atoms with Gasteiger partial charge in [-0.25, -0.2) is 0 Å². The molecule has 1 N–H and O–H groups in total. The standard InChI is InChI=1S/C10H14BrN/c1-3-10(12-2)8-4-6-9(11)7-5-8/h4-7,10,12H,3H2,1-2H3. The third-order valence-electron chi connectivity index (χ3n) is 2.03. The van der Waals surface area contributed by atoms with E-state index >= 15 is 0 Å². The van der Waals surface area contributed by atoms with Crippen molar-refractivity contribution in [3.8, 4) is 0 Å². The molecule has 0 saturated heterocycles. The van der Waals surface area contributed by atoms with Crippen molar-refractivity contribution in [2.75, 3.05) is 7.05 Å². The molecule has 12 heavy (non-hydrogen) atoms. The van der Waals surface area contributed by atoms with Crippen LogP contribution in [0.4, 0.5) is 0 Å². The molecule has 0 saturated carbocycles. The summed E-state index contributed by atoms with van der Waals surface area (Å²) < 4.78 is 1.14.